The maximum atomic E-state index is 12.6. The van der Waals surface area contributed by atoms with Gasteiger partial charge >= 0.3 is 6.18 Å². The van der Waals surface area contributed by atoms with Gasteiger partial charge in [0.1, 0.15) is 23.7 Å². The molecular weight excluding hydrogens is 455 g/mol. The Balaban J connectivity index is 0.000000192. The molecule has 2 atom stereocenters. The highest BCUT2D eigenvalue weighted by Crippen LogP contribution is 2.37. The maximum absolute atomic E-state index is 12.6. The van der Waals surface area contributed by atoms with Crippen LogP contribution in [0.3, 0.4) is 0 Å². The van der Waals surface area contributed by atoms with E-state index < -0.39 is 29.9 Å². The molecule has 1 aromatic carbocycles. The van der Waals surface area contributed by atoms with Crippen molar-refractivity contribution in [3.05, 3.63) is 53.9 Å². The first-order valence-corrected chi connectivity index (χ1v) is 10.8. The van der Waals surface area contributed by atoms with Gasteiger partial charge < -0.3 is 25.6 Å². The number of aliphatic hydroxyl groups excluding tert-OH is 1. The lowest BCUT2D eigenvalue weighted by molar-refractivity contribution is -0.140. The van der Waals surface area contributed by atoms with E-state index in [-0.39, 0.29) is 29.6 Å². The van der Waals surface area contributed by atoms with Gasteiger partial charge in [0, 0.05) is 24.7 Å². The molecule has 2 unspecified atom stereocenters. The lowest BCUT2D eigenvalue weighted by Gasteiger charge is -2.32. The predicted molar refractivity (Wildman–Crippen MR) is 116 cm³/mol. The van der Waals surface area contributed by atoms with Gasteiger partial charge in [-0.25, -0.2) is 0 Å². The SMILES string of the molecule is CC1CCC(C(=O)Nc2ccnc(C(N)=O)c2)O1.OC1CC(Oc2ccccc2C(F)(F)F)C1. The Labute approximate surface area is 194 Å². The van der Waals surface area contributed by atoms with Crippen molar-refractivity contribution in [2.75, 3.05) is 5.32 Å². The van der Waals surface area contributed by atoms with Gasteiger partial charge in [-0.2, -0.15) is 13.2 Å². The Kier molecular flexibility index (Phi) is 8.11. The molecule has 1 aliphatic heterocycles. The van der Waals surface area contributed by atoms with Gasteiger partial charge in [-0.05, 0) is 44.0 Å². The summed E-state index contributed by atoms with van der Waals surface area (Å²) in [5, 5.41) is 11.7. The smallest absolute Gasteiger partial charge is 0.419 e. The molecule has 2 amide bonds. The third kappa shape index (κ3) is 6.91. The first-order valence-electron chi connectivity index (χ1n) is 10.8. The number of pyridine rings is 1. The van der Waals surface area contributed by atoms with Gasteiger partial charge in [0.25, 0.3) is 11.8 Å². The number of hydrogen-bond donors (Lipinski definition) is 3. The van der Waals surface area contributed by atoms with Crippen molar-refractivity contribution in [2.45, 2.75) is 63.2 Å². The van der Waals surface area contributed by atoms with Crippen molar-refractivity contribution in [3.63, 3.8) is 0 Å². The molecule has 8 nitrogen and oxygen atoms in total. The van der Waals surface area contributed by atoms with Crippen LogP contribution < -0.4 is 15.8 Å². The lowest BCUT2D eigenvalue weighted by Crippen LogP contribution is -2.37. The summed E-state index contributed by atoms with van der Waals surface area (Å²) in [4.78, 5) is 26.6. The number of aromatic nitrogens is 1. The van der Waals surface area contributed by atoms with Crippen LogP contribution in [0.1, 0.15) is 48.7 Å². The zero-order valence-corrected chi connectivity index (χ0v) is 18.4. The van der Waals surface area contributed by atoms with Crippen molar-refractivity contribution in [2.24, 2.45) is 5.73 Å². The molecule has 1 aromatic heterocycles. The van der Waals surface area contributed by atoms with Crippen LogP contribution in [-0.4, -0.2) is 46.3 Å². The number of ether oxygens (including phenoxy) is 2. The number of nitrogens with zero attached hydrogens (tertiary/aromatic N) is 1. The molecule has 0 bridgehead atoms. The second kappa shape index (κ2) is 10.8. The van der Waals surface area contributed by atoms with Gasteiger partial charge in [0.05, 0.1) is 17.8 Å². The summed E-state index contributed by atoms with van der Waals surface area (Å²) >= 11 is 0. The topological polar surface area (TPSA) is 124 Å². The Morgan fingerprint density at radius 3 is 2.50 bits per heavy atom. The number of alkyl halides is 3. The maximum Gasteiger partial charge on any atom is 0.419 e. The van der Waals surface area contributed by atoms with E-state index in [2.05, 4.69) is 10.3 Å². The molecule has 0 radical (unpaired) electrons. The fourth-order valence-corrected chi connectivity index (χ4v) is 3.48. The van der Waals surface area contributed by atoms with E-state index in [1.165, 1.54) is 30.5 Å². The summed E-state index contributed by atoms with van der Waals surface area (Å²) in [6, 6.07) is 8.16. The average molecular weight is 481 g/mol. The van der Waals surface area contributed by atoms with Gasteiger partial charge in [-0.15, -0.1) is 0 Å². The zero-order chi connectivity index (χ0) is 24.9. The molecule has 2 fully saturated rings. The average Bonchev–Trinajstić information content (AvgIpc) is 3.19. The first kappa shape index (κ1) is 25.4. The van der Waals surface area contributed by atoms with Crippen LogP contribution in [0.25, 0.3) is 0 Å². The van der Waals surface area contributed by atoms with Crippen LogP contribution in [0.15, 0.2) is 42.6 Å². The summed E-state index contributed by atoms with van der Waals surface area (Å²) in [6.45, 7) is 1.94. The van der Waals surface area contributed by atoms with Crippen LogP contribution in [0, 0.1) is 0 Å². The quantitative estimate of drug-likeness (QED) is 0.602. The summed E-state index contributed by atoms with van der Waals surface area (Å²) in [5.74, 6) is -0.996. The van der Waals surface area contributed by atoms with Crippen molar-refractivity contribution in [1.82, 2.24) is 4.98 Å². The number of para-hydroxylation sites is 1. The number of halogens is 3. The molecule has 34 heavy (non-hydrogen) atoms. The molecule has 4 N–H and O–H groups in total. The Morgan fingerprint density at radius 1 is 1.21 bits per heavy atom. The van der Waals surface area contributed by atoms with Crippen molar-refractivity contribution >= 4 is 17.5 Å². The highest BCUT2D eigenvalue weighted by atomic mass is 19.4. The third-order valence-electron chi connectivity index (χ3n) is 5.36. The number of rotatable bonds is 5. The molecular formula is C23H26F3N3O5. The summed E-state index contributed by atoms with van der Waals surface area (Å²) in [7, 11) is 0. The number of hydrogen-bond acceptors (Lipinski definition) is 6. The minimum Gasteiger partial charge on any atom is -0.490 e. The fourth-order valence-electron chi connectivity index (χ4n) is 3.48. The van der Waals surface area contributed by atoms with Crippen LogP contribution in [-0.2, 0) is 15.7 Å². The van der Waals surface area contributed by atoms with Crippen LogP contribution in [0.2, 0.25) is 0 Å². The second-order valence-electron chi connectivity index (χ2n) is 8.15. The van der Waals surface area contributed by atoms with Crippen LogP contribution >= 0.6 is 0 Å². The van der Waals surface area contributed by atoms with Gasteiger partial charge in [-0.3, -0.25) is 14.6 Å². The van der Waals surface area contributed by atoms with E-state index in [0.29, 0.717) is 24.9 Å². The first-order chi connectivity index (χ1) is 16.0. The second-order valence-corrected chi connectivity index (χ2v) is 8.15. The Morgan fingerprint density at radius 2 is 1.91 bits per heavy atom. The van der Waals surface area contributed by atoms with Crippen molar-refractivity contribution in [1.29, 1.82) is 0 Å². The van der Waals surface area contributed by atoms with Gasteiger partial charge in [0.15, 0.2) is 0 Å². The third-order valence-corrected chi connectivity index (χ3v) is 5.36. The highest BCUT2D eigenvalue weighted by Gasteiger charge is 2.36. The van der Waals surface area contributed by atoms with Crippen LogP contribution in [0.5, 0.6) is 5.75 Å². The normalized spacial score (nSPS) is 23.8. The number of carbonyl (C=O) groups excluding carboxylic acids is 2. The van der Waals surface area contributed by atoms with E-state index in [4.69, 9.17) is 20.3 Å². The number of carbonyl (C=O) groups is 2. The van der Waals surface area contributed by atoms with E-state index in [1.54, 1.807) is 6.07 Å². The summed E-state index contributed by atoms with van der Waals surface area (Å²) < 4.78 is 48.4. The predicted octanol–water partition coefficient (Wildman–Crippen LogP) is 3.29. The summed E-state index contributed by atoms with van der Waals surface area (Å²) in [6.07, 6.45) is -1.67. The minimum absolute atomic E-state index is 0.111. The molecule has 2 aliphatic rings. The largest absolute Gasteiger partial charge is 0.490 e. The molecule has 0 spiro atoms. The number of nitrogens with one attached hydrogen (secondary N) is 1. The van der Waals surface area contributed by atoms with Crippen molar-refractivity contribution in [3.8, 4) is 5.75 Å². The molecule has 11 heteroatoms. The van der Waals surface area contributed by atoms with E-state index in [1.807, 2.05) is 6.92 Å². The molecule has 184 valence electrons. The fraction of sp³-hybridized carbons (Fsp3) is 0.435. The Hall–Kier alpha value is -3.18. The van der Waals surface area contributed by atoms with Gasteiger partial charge in [0.2, 0.25) is 0 Å². The number of aliphatic hydroxyl groups is 1. The molecule has 1 saturated heterocycles. The molecule has 1 saturated carbocycles. The van der Waals surface area contributed by atoms with Crippen LogP contribution in [0.4, 0.5) is 18.9 Å². The number of nitrogens with two attached hydrogens (primary N) is 1. The number of anilines is 1. The molecule has 1 aliphatic carbocycles. The number of primary amides is 1. The van der Waals surface area contributed by atoms with E-state index in [0.717, 1.165) is 12.5 Å². The summed E-state index contributed by atoms with van der Waals surface area (Å²) in [5.41, 5.74) is 4.96. The molecule has 2 aromatic rings. The Bertz CT molecular complexity index is 1010. The highest BCUT2D eigenvalue weighted by molar-refractivity contribution is 5.96. The molecule has 4 rings (SSSR count). The van der Waals surface area contributed by atoms with Crippen molar-refractivity contribution < 1.29 is 37.3 Å². The van der Waals surface area contributed by atoms with E-state index in [9.17, 15) is 22.8 Å². The van der Waals surface area contributed by atoms with Gasteiger partial charge in [-0.1, -0.05) is 12.1 Å². The zero-order valence-electron chi connectivity index (χ0n) is 18.4. The standard InChI is InChI=1S/C12H15N3O3.C11H11F3O2/c1-7-2-3-10(18-7)12(17)15-8-4-5-14-9(6-8)11(13)16;12-11(13,14)9-3-1-2-4-10(9)16-8-5-7(15)6-8/h4-7,10H,2-3H2,1H3,(H2,13,16)(H,14,15,17);1-4,7-8,15H,5-6H2. The number of benzene rings is 1. The number of amides is 2. The molecule has 2 heterocycles. The minimum atomic E-state index is -4.40. The van der Waals surface area contributed by atoms with E-state index >= 15 is 0 Å². The monoisotopic (exact) mass is 481 g/mol. The lowest BCUT2D eigenvalue weighted by atomic mass is 9.92.